The average Bonchev–Trinajstić information content (AvgIpc) is 2.45. The zero-order valence-electron chi connectivity index (χ0n) is 9.73. The molecule has 3 nitrogen and oxygen atoms in total. The summed E-state index contributed by atoms with van der Waals surface area (Å²) in [5.41, 5.74) is 1.75. The van der Waals surface area contributed by atoms with Crippen molar-refractivity contribution in [3.63, 3.8) is 0 Å². The van der Waals surface area contributed by atoms with Gasteiger partial charge in [-0.05, 0) is 11.1 Å². The summed E-state index contributed by atoms with van der Waals surface area (Å²) in [5.74, 6) is 0. The number of aliphatic imine (C=N–C) groups is 2. The fourth-order valence-electron chi connectivity index (χ4n) is 1.37. The number of benzene rings is 2. The van der Waals surface area contributed by atoms with Crippen molar-refractivity contribution < 1.29 is 4.79 Å². The van der Waals surface area contributed by atoms with Gasteiger partial charge in [-0.15, -0.1) is 0 Å². The van der Waals surface area contributed by atoms with E-state index in [4.69, 9.17) is 0 Å². The van der Waals surface area contributed by atoms with Crippen LogP contribution in [0.15, 0.2) is 70.6 Å². The van der Waals surface area contributed by atoms with E-state index < -0.39 is 6.03 Å². The van der Waals surface area contributed by atoms with E-state index in [-0.39, 0.29) is 0 Å². The monoisotopic (exact) mass is 236 g/mol. The molecule has 0 aromatic heterocycles. The van der Waals surface area contributed by atoms with Crippen LogP contribution in [0.2, 0.25) is 0 Å². The number of urea groups is 1. The fraction of sp³-hybridized carbons (Fsp3) is 0. The number of rotatable bonds is 2. The summed E-state index contributed by atoms with van der Waals surface area (Å²) in [7, 11) is 0. The standard InChI is InChI=1S/C15H12N2O/c18-15(16-11-13-7-3-1-4-8-13)17-12-14-9-5-2-6-10-14/h1-12H. The third kappa shape index (κ3) is 3.79. The molecular weight excluding hydrogens is 224 g/mol. The predicted octanol–water partition coefficient (Wildman–Crippen LogP) is 3.34. The van der Waals surface area contributed by atoms with Crippen molar-refractivity contribution in [2.45, 2.75) is 0 Å². The number of hydrogen-bond donors (Lipinski definition) is 0. The topological polar surface area (TPSA) is 41.8 Å². The highest BCUT2D eigenvalue weighted by Crippen LogP contribution is 1.96. The van der Waals surface area contributed by atoms with Crippen LogP contribution >= 0.6 is 0 Å². The first kappa shape index (κ1) is 11.9. The smallest absolute Gasteiger partial charge is 0.244 e. The Balaban J connectivity index is 1.97. The van der Waals surface area contributed by atoms with Gasteiger partial charge in [-0.1, -0.05) is 60.7 Å². The number of carbonyl (C=O) groups is 1. The van der Waals surface area contributed by atoms with Crippen LogP contribution in [0.3, 0.4) is 0 Å². The van der Waals surface area contributed by atoms with E-state index in [0.29, 0.717) is 0 Å². The lowest BCUT2D eigenvalue weighted by molar-refractivity contribution is 0.257. The Hall–Kier alpha value is -2.55. The van der Waals surface area contributed by atoms with Crippen LogP contribution in [0.5, 0.6) is 0 Å². The van der Waals surface area contributed by atoms with Crippen LogP contribution in [0, 0.1) is 0 Å². The van der Waals surface area contributed by atoms with Crippen molar-refractivity contribution in [3.8, 4) is 0 Å². The zero-order chi connectivity index (χ0) is 12.6. The maximum atomic E-state index is 11.4. The molecule has 0 unspecified atom stereocenters. The summed E-state index contributed by atoms with van der Waals surface area (Å²) in [4.78, 5) is 18.9. The number of amides is 2. The minimum Gasteiger partial charge on any atom is -0.244 e. The van der Waals surface area contributed by atoms with E-state index in [9.17, 15) is 4.79 Å². The first-order valence-electron chi connectivity index (χ1n) is 5.57. The molecule has 18 heavy (non-hydrogen) atoms. The largest absolute Gasteiger partial charge is 0.366 e. The van der Waals surface area contributed by atoms with Crippen LogP contribution < -0.4 is 0 Å². The van der Waals surface area contributed by atoms with E-state index in [0.717, 1.165) is 11.1 Å². The Kier molecular flexibility index (Phi) is 4.14. The molecule has 0 aliphatic rings. The van der Waals surface area contributed by atoms with Crippen molar-refractivity contribution in [2.24, 2.45) is 9.98 Å². The van der Waals surface area contributed by atoms with E-state index in [1.54, 1.807) is 0 Å². The molecule has 0 N–H and O–H groups in total. The maximum Gasteiger partial charge on any atom is 0.366 e. The van der Waals surface area contributed by atoms with E-state index >= 15 is 0 Å². The highest BCUT2D eigenvalue weighted by Gasteiger charge is 1.92. The second kappa shape index (κ2) is 6.25. The molecule has 2 aromatic carbocycles. The molecule has 0 radical (unpaired) electrons. The Morgan fingerprint density at radius 3 is 1.50 bits per heavy atom. The van der Waals surface area contributed by atoms with Crippen LogP contribution in [0.1, 0.15) is 11.1 Å². The van der Waals surface area contributed by atoms with Crippen molar-refractivity contribution in [1.29, 1.82) is 0 Å². The molecule has 0 aliphatic heterocycles. The zero-order valence-corrected chi connectivity index (χ0v) is 9.73. The lowest BCUT2D eigenvalue weighted by Gasteiger charge is -1.90. The lowest BCUT2D eigenvalue weighted by Crippen LogP contribution is -1.89. The quantitative estimate of drug-likeness (QED) is 0.737. The minimum atomic E-state index is -0.511. The highest BCUT2D eigenvalue weighted by atomic mass is 16.2. The molecular formula is C15H12N2O. The van der Waals surface area contributed by atoms with Gasteiger partial charge in [0.25, 0.3) is 0 Å². The van der Waals surface area contributed by atoms with Gasteiger partial charge < -0.3 is 0 Å². The van der Waals surface area contributed by atoms with Crippen molar-refractivity contribution in [3.05, 3.63) is 71.8 Å². The van der Waals surface area contributed by atoms with Gasteiger partial charge in [0.1, 0.15) is 0 Å². The van der Waals surface area contributed by atoms with Gasteiger partial charge in [0.15, 0.2) is 0 Å². The van der Waals surface area contributed by atoms with Crippen molar-refractivity contribution in [1.82, 2.24) is 0 Å². The molecule has 0 fully saturated rings. The molecule has 2 rings (SSSR count). The molecule has 2 aromatic rings. The normalized spacial score (nSPS) is 11.1. The molecule has 0 bridgehead atoms. The first-order valence-corrected chi connectivity index (χ1v) is 5.57. The molecule has 0 heterocycles. The lowest BCUT2D eigenvalue weighted by atomic mass is 10.2. The minimum absolute atomic E-state index is 0.511. The Morgan fingerprint density at radius 2 is 1.11 bits per heavy atom. The first-order chi connectivity index (χ1) is 8.84. The summed E-state index contributed by atoms with van der Waals surface area (Å²) >= 11 is 0. The molecule has 3 heteroatoms. The second-order valence-corrected chi connectivity index (χ2v) is 3.62. The molecule has 2 amide bonds. The Morgan fingerprint density at radius 1 is 0.722 bits per heavy atom. The molecule has 88 valence electrons. The predicted molar refractivity (Wildman–Crippen MR) is 73.5 cm³/mol. The summed E-state index contributed by atoms with van der Waals surface area (Å²) in [5, 5.41) is 0. The Bertz CT molecular complexity index is 508. The third-order valence-corrected chi connectivity index (χ3v) is 2.25. The van der Waals surface area contributed by atoms with Crippen molar-refractivity contribution in [2.75, 3.05) is 0 Å². The molecule has 0 saturated carbocycles. The summed E-state index contributed by atoms with van der Waals surface area (Å²) in [6.45, 7) is 0. The van der Waals surface area contributed by atoms with Crippen molar-refractivity contribution >= 4 is 18.5 Å². The van der Waals surface area contributed by atoms with E-state index in [1.165, 1.54) is 12.4 Å². The van der Waals surface area contributed by atoms with E-state index in [2.05, 4.69) is 9.98 Å². The molecule has 0 aliphatic carbocycles. The maximum absolute atomic E-state index is 11.4. The van der Waals surface area contributed by atoms with Gasteiger partial charge in [-0.3, -0.25) is 0 Å². The summed E-state index contributed by atoms with van der Waals surface area (Å²) in [6.07, 6.45) is 3.01. The highest BCUT2D eigenvalue weighted by molar-refractivity contribution is 5.96. The number of nitrogens with zero attached hydrogens (tertiary/aromatic N) is 2. The van der Waals surface area contributed by atoms with Gasteiger partial charge >= 0.3 is 6.03 Å². The van der Waals surface area contributed by atoms with Gasteiger partial charge in [0, 0.05) is 12.4 Å². The SMILES string of the molecule is O=C(N=Cc1ccccc1)N=Cc1ccccc1. The molecule has 0 atom stereocenters. The van der Waals surface area contributed by atoms with Gasteiger partial charge in [0.05, 0.1) is 0 Å². The average molecular weight is 236 g/mol. The van der Waals surface area contributed by atoms with Gasteiger partial charge in [-0.2, -0.15) is 9.98 Å². The van der Waals surface area contributed by atoms with Gasteiger partial charge in [0.2, 0.25) is 0 Å². The van der Waals surface area contributed by atoms with Gasteiger partial charge in [-0.25, -0.2) is 4.79 Å². The second-order valence-electron chi connectivity index (χ2n) is 3.62. The van der Waals surface area contributed by atoms with Crippen LogP contribution in [0.4, 0.5) is 4.79 Å². The fourth-order valence-corrected chi connectivity index (χ4v) is 1.37. The van der Waals surface area contributed by atoms with E-state index in [1.807, 2.05) is 60.7 Å². The Labute approximate surface area is 106 Å². The van der Waals surface area contributed by atoms with Crippen LogP contribution in [0.25, 0.3) is 0 Å². The summed E-state index contributed by atoms with van der Waals surface area (Å²) < 4.78 is 0. The third-order valence-electron chi connectivity index (χ3n) is 2.25. The summed E-state index contributed by atoms with van der Waals surface area (Å²) in [6, 6.07) is 18.4. The van der Waals surface area contributed by atoms with Crippen LogP contribution in [-0.2, 0) is 0 Å². The number of hydrogen-bond acceptors (Lipinski definition) is 1. The molecule has 0 spiro atoms. The molecule has 0 saturated heterocycles. The van der Waals surface area contributed by atoms with Crippen LogP contribution in [-0.4, -0.2) is 18.5 Å². The number of carbonyl (C=O) groups excluding carboxylic acids is 1.